The normalized spacial score (nSPS) is 34.0. The Kier molecular flexibility index (Phi) is 10.6. The van der Waals surface area contributed by atoms with Crippen molar-refractivity contribution in [1.29, 1.82) is 0 Å². The number of aliphatic hydroxyl groups excluding tert-OH is 7. The van der Waals surface area contributed by atoms with E-state index in [2.05, 4.69) is 10.4 Å². The minimum atomic E-state index is -1.67. The zero-order chi connectivity index (χ0) is 30.0. The van der Waals surface area contributed by atoms with Crippen LogP contribution in [0.2, 0.25) is 10.0 Å². The minimum Gasteiger partial charge on any atom is -0.396 e. The Labute approximate surface area is 245 Å². The van der Waals surface area contributed by atoms with Crippen molar-refractivity contribution >= 4 is 29.1 Å². The van der Waals surface area contributed by atoms with E-state index in [-0.39, 0.29) is 12.0 Å². The Hall–Kier alpha value is -1.88. The van der Waals surface area contributed by atoms with E-state index in [4.69, 9.17) is 32.7 Å². The van der Waals surface area contributed by atoms with Crippen molar-refractivity contribution in [2.75, 3.05) is 13.2 Å². The molecule has 13 nitrogen and oxygen atoms in total. The SMILES string of the molecule is CCCc1nn(-c2cc(Cl)cc(Cl)c2)cc1C(=O)N[C@H]1[C@@H](OC2C[C@H](CO)[C@@H](O)[C@@H](O)[C@H]2O)O[C@H](CO)[C@@H](O)[C@@H]1O. The molecule has 1 unspecified atom stereocenters. The molecule has 8 N–H and O–H groups in total. The predicted octanol–water partition coefficient (Wildman–Crippen LogP) is -0.851. The lowest BCUT2D eigenvalue weighted by Crippen LogP contribution is -2.66. The van der Waals surface area contributed by atoms with Crippen LogP contribution in [0.15, 0.2) is 24.4 Å². The Bertz CT molecular complexity index is 1180. The van der Waals surface area contributed by atoms with Crippen molar-refractivity contribution in [1.82, 2.24) is 15.1 Å². The second-order valence-corrected chi connectivity index (χ2v) is 11.2. The summed E-state index contributed by atoms with van der Waals surface area (Å²) in [6, 6.07) is 3.39. The quantitative estimate of drug-likeness (QED) is 0.173. The first-order valence-corrected chi connectivity index (χ1v) is 14.0. The number of ether oxygens (including phenoxy) is 2. The summed E-state index contributed by atoms with van der Waals surface area (Å²) in [6.45, 7) is 0.715. The molecule has 1 saturated carbocycles. The van der Waals surface area contributed by atoms with E-state index in [0.717, 1.165) is 0 Å². The molecule has 4 rings (SSSR count). The molecule has 41 heavy (non-hydrogen) atoms. The van der Waals surface area contributed by atoms with E-state index < -0.39 is 80.1 Å². The molecule has 0 spiro atoms. The van der Waals surface area contributed by atoms with Crippen LogP contribution in [-0.2, 0) is 15.9 Å². The number of carbonyl (C=O) groups is 1. The van der Waals surface area contributed by atoms with Gasteiger partial charge in [0.2, 0.25) is 0 Å². The van der Waals surface area contributed by atoms with Crippen LogP contribution in [0.3, 0.4) is 0 Å². The van der Waals surface area contributed by atoms with Gasteiger partial charge in [-0.05, 0) is 31.0 Å². The van der Waals surface area contributed by atoms with Crippen molar-refractivity contribution < 1.29 is 50.0 Å². The van der Waals surface area contributed by atoms with Gasteiger partial charge in [-0.25, -0.2) is 4.68 Å². The number of aryl methyl sites for hydroxylation is 1. The summed E-state index contributed by atoms with van der Waals surface area (Å²) in [5.74, 6) is -1.52. The second-order valence-electron chi connectivity index (χ2n) is 10.3. The summed E-state index contributed by atoms with van der Waals surface area (Å²) >= 11 is 12.3. The van der Waals surface area contributed by atoms with E-state index >= 15 is 0 Å². The smallest absolute Gasteiger partial charge is 0.255 e. The van der Waals surface area contributed by atoms with Crippen LogP contribution in [0.5, 0.6) is 0 Å². The highest BCUT2D eigenvalue weighted by Gasteiger charge is 2.50. The number of hydrogen-bond acceptors (Lipinski definition) is 11. The van der Waals surface area contributed by atoms with E-state index in [1.54, 1.807) is 18.2 Å². The van der Waals surface area contributed by atoms with Crippen LogP contribution in [-0.4, -0.2) is 120 Å². The van der Waals surface area contributed by atoms with Crippen LogP contribution in [0, 0.1) is 5.92 Å². The number of nitrogens with zero attached hydrogens (tertiary/aromatic N) is 2. The molecule has 2 fully saturated rings. The van der Waals surface area contributed by atoms with Gasteiger partial charge < -0.3 is 50.5 Å². The molecule has 1 aliphatic carbocycles. The summed E-state index contributed by atoms with van der Waals surface area (Å²) in [5.41, 5.74) is 1.10. The fourth-order valence-corrected chi connectivity index (χ4v) is 5.69. The average molecular weight is 620 g/mol. The Balaban J connectivity index is 1.61. The van der Waals surface area contributed by atoms with Gasteiger partial charge in [-0.3, -0.25) is 4.79 Å². The number of carbonyl (C=O) groups excluding carboxylic acids is 1. The lowest BCUT2D eigenvalue weighted by molar-refractivity contribution is -0.301. The van der Waals surface area contributed by atoms with Crippen LogP contribution in [0.25, 0.3) is 5.69 Å². The molecular formula is C26H35Cl2N3O10. The third-order valence-electron chi connectivity index (χ3n) is 7.45. The topological polar surface area (TPSA) is 207 Å². The first-order valence-electron chi connectivity index (χ1n) is 13.3. The van der Waals surface area contributed by atoms with Gasteiger partial charge >= 0.3 is 0 Å². The standard InChI is InChI=1S/C26H35Cl2N3O10/c1-2-3-16-15(8-31(30-16)14-6-12(27)5-13(28)7-14)25(39)29-19-23(37)22(36)18(10-33)41-26(19)40-17-4-11(9-32)20(34)24(38)21(17)35/h5-8,11,17-24,26,32-38H,2-4,9-10H2,1H3,(H,29,39)/t11-,17?,18-,19-,20-,21+,22-,23-,24-,26+/m1/s1. The average Bonchev–Trinajstić information content (AvgIpc) is 3.36. The maximum atomic E-state index is 13.6. The van der Waals surface area contributed by atoms with Gasteiger partial charge in [-0.15, -0.1) is 0 Å². The van der Waals surface area contributed by atoms with Crippen molar-refractivity contribution in [3.63, 3.8) is 0 Å². The highest BCUT2D eigenvalue weighted by atomic mass is 35.5. The van der Waals surface area contributed by atoms with Crippen molar-refractivity contribution in [2.45, 2.75) is 81.2 Å². The molecule has 10 atom stereocenters. The molecule has 2 aliphatic rings. The number of aromatic nitrogens is 2. The van der Waals surface area contributed by atoms with Gasteiger partial charge in [0, 0.05) is 28.8 Å². The number of benzene rings is 1. The van der Waals surface area contributed by atoms with E-state index in [9.17, 15) is 40.5 Å². The van der Waals surface area contributed by atoms with Crippen molar-refractivity contribution in [3.8, 4) is 5.69 Å². The van der Waals surface area contributed by atoms with Crippen LogP contribution in [0.4, 0.5) is 0 Å². The van der Waals surface area contributed by atoms with Crippen molar-refractivity contribution in [3.05, 3.63) is 45.7 Å². The lowest BCUT2D eigenvalue weighted by atomic mass is 9.81. The molecule has 228 valence electrons. The maximum Gasteiger partial charge on any atom is 0.255 e. The fraction of sp³-hybridized carbons (Fsp3) is 0.615. The van der Waals surface area contributed by atoms with E-state index in [1.165, 1.54) is 10.9 Å². The zero-order valence-corrected chi connectivity index (χ0v) is 23.6. The second kappa shape index (κ2) is 13.6. The predicted molar refractivity (Wildman–Crippen MR) is 145 cm³/mol. The molecule has 0 bridgehead atoms. The van der Waals surface area contributed by atoms with Gasteiger partial charge in [0.1, 0.15) is 36.6 Å². The van der Waals surface area contributed by atoms with Crippen molar-refractivity contribution in [2.24, 2.45) is 5.92 Å². The molecule has 2 aromatic rings. The molecule has 15 heteroatoms. The highest BCUT2D eigenvalue weighted by Crippen LogP contribution is 2.32. The largest absolute Gasteiger partial charge is 0.396 e. The Morgan fingerprint density at radius 2 is 1.71 bits per heavy atom. The van der Waals surface area contributed by atoms with Gasteiger partial charge in [0.25, 0.3) is 5.91 Å². The number of aliphatic hydroxyl groups is 7. The van der Waals surface area contributed by atoms with E-state index in [1.807, 2.05) is 6.92 Å². The summed E-state index contributed by atoms with van der Waals surface area (Å²) in [4.78, 5) is 13.6. The third kappa shape index (κ3) is 6.86. The number of nitrogens with one attached hydrogen (secondary N) is 1. The van der Waals surface area contributed by atoms with Gasteiger partial charge in [-0.1, -0.05) is 36.5 Å². The summed E-state index contributed by atoms with van der Waals surface area (Å²) in [6.07, 6.45) is -9.44. The first kappa shape index (κ1) is 32.0. The van der Waals surface area contributed by atoms with Crippen LogP contribution < -0.4 is 5.32 Å². The lowest BCUT2D eigenvalue weighted by Gasteiger charge is -2.46. The van der Waals surface area contributed by atoms with Gasteiger partial charge in [0.05, 0.1) is 35.8 Å². The number of halogens is 2. The van der Waals surface area contributed by atoms with E-state index in [0.29, 0.717) is 34.3 Å². The molecule has 2 heterocycles. The minimum absolute atomic E-state index is 0.0888. The van der Waals surface area contributed by atoms with Crippen LogP contribution >= 0.6 is 23.2 Å². The third-order valence-corrected chi connectivity index (χ3v) is 7.89. The van der Waals surface area contributed by atoms with Crippen LogP contribution in [0.1, 0.15) is 35.8 Å². The molecule has 1 saturated heterocycles. The zero-order valence-electron chi connectivity index (χ0n) is 22.1. The fourth-order valence-electron chi connectivity index (χ4n) is 5.17. The molecule has 1 aromatic carbocycles. The highest BCUT2D eigenvalue weighted by molar-refractivity contribution is 6.34. The monoisotopic (exact) mass is 619 g/mol. The summed E-state index contributed by atoms with van der Waals surface area (Å²) in [5, 5.41) is 79.5. The van der Waals surface area contributed by atoms with Gasteiger partial charge in [0.15, 0.2) is 6.29 Å². The summed E-state index contributed by atoms with van der Waals surface area (Å²) < 4.78 is 13.0. The Morgan fingerprint density at radius 1 is 1.02 bits per heavy atom. The molecule has 1 aliphatic heterocycles. The molecular weight excluding hydrogens is 585 g/mol. The molecule has 0 radical (unpaired) electrons. The number of amides is 1. The Morgan fingerprint density at radius 3 is 2.32 bits per heavy atom. The maximum absolute atomic E-state index is 13.6. The summed E-state index contributed by atoms with van der Waals surface area (Å²) in [7, 11) is 0. The first-order chi connectivity index (χ1) is 19.5. The number of rotatable bonds is 9. The van der Waals surface area contributed by atoms with Gasteiger partial charge in [-0.2, -0.15) is 5.10 Å². The number of hydrogen-bond donors (Lipinski definition) is 8. The molecule has 1 amide bonds. The molecule has 1 aromatic heterocycles.